The molecule has 2 saturated heterocycles. The van der Waals surface area contributed by atoms with Crippen LogP contribution in [0.25, 0.3) is 0 Å². The number of thioether (sulfide) groups is 1. The van der Waals surface area contributed by atoms with Crippen LogP contribution in [0.3, 0.4) is 0 Å². The summed E-state index contributed by atoms with van der Waals surface area (Å²) in [6.07, 6.45) is 0. The fourth-order valence-corrected chi connectivity index (χ4v) is 6.95. The van der Waals surface area contributed by atoms with Crippen LogP contribution in [-0.2, 0) is 28.1 Å². The smallest absolute Gasteiger partial charge is 0.294 e. The van der Waals surface area contributed by atoms with Gasteiger partial charge < -0.3 is 15.4 Å². The molecule has 6 rings (SSSR count). The van der Waals surface area contributed by atoms with Gasteiger partial charge in [0.2, 0.25) is 5.91 Å². The Morgan fingerprint density at radius 2 is 1.67 bits per heavy atom. The van der Waals surface area contributed by atoms with Gasteiger partial charge in [-0.2, -0.15) is 8.42 Å². The molecule has 2 aliphatic heterocycles. The van der Waals surface area contributed by atoms with Crippen LogP contribution in [-0.4, -0.2) is 60.1 Å². The van der Waals surface area contributed by atoms with Gasteiger partial charge in [0.1, 0.15) is 29.8 Å². The molecule has 0 spiro atoms. The second kappa shape index (κ2) is 11.8. The first-order valence-corrected chi connectivity index (χ1v) is 15.6. The van der Waals surface area contributed by atoms with Gasteiger partial charge in [-0.25, -0.2) is 4.68 Å². The van der Waals surface area contributed by atoms with E-state index in [1.54, 1.807) is 28.6 Å². The molecule has 0 bridgehead atoms. The van der Waals surface area contributed by atoms with E-state index in [1.165, 1.54) is 12.1 Å². The molecule has 11 nitrogen and oxygen atoms in total. The fraction of sp³-hybridized carbons (Fsp3) is 0.310. The molecule has 0 aliphatic carbocycles. The molecular weight excluding hydrogens is 576 g/mol. The number of ether oxygens (including phenoxy) is 1. The normalized spacial score (nSPS) is 20.7. The Kier molecular flexibility index (Phi) is 8.37. The maximum atomic E-state index is 12.4. The van der Waals surface area contributed by atoms with E-state index in [2.05, 4.69) is 29.4 Å². The monoisotopic (exact) mass is 608 g/mol. The summed E-state index contributed by atoms with van der Waals surface area (Å²) in [5, 5.41) is 12.4. The van der Waals surface area contributed by atoms with Crippen molar-refractivity contribution in [1.82, 2.24) is 25.1 Å². The summed E-state index contributed by atoms with van der Waals surface area (Å²) in [6, 6.07) is 23.3. The van der Waals surface area contributed by atoms with Crippen LogP contribution < -0.4 is 10.5 Å². The fourth-order valence-electron chi connectivity index (χ4n) is 4.90. The molecule has 0 radical (unpaired) electrons. The number of amides is 1. The summed E-state index contributed by atoms with van der Waals surface area (Å²) in [6.45, 7) is 7.10. The first-order chi connectivity index (χ1) is 19.9. The van der Waals surface area contributed by atoms with Gasteiger partial charge in [-0.3, -0.25) is 9.35 Å². The lowest BCUT2D eigenvalue weighted by Crippen LogP contribution is -2.65. The number of hydrogen-bond acceptors (Lipinski definition) is 9. The lowest BCUT2D eigenvalue weighted by Gasteiger charge is -2.42. The number of aryl methyl sites for hydroxylation is 1. The maximum absolute atomic E-state index is 12.4. The van der Waals surface area contributed by atoms with Gasteiger partial charge in [-0.1, -0.05) is 60.2 Å². The van der Waals surface area contributed by atoms with Gasteiger partial charge in [0.25, 0.3) is 10.1 Å². The highest BCUT2D eigenvalue weighted by Gasteiger charge is 2.62. The second-order valence-electron chi connectivity index (χ2n) is 10.7. The van der Waals surface area contributed by atoms with E-state index in [-0.39, 0.29) is 27.0 Å². The number of nitrogens with two attached hydrogens (primary N) is 1. The largest absolute Gasteiger partial charge is 0.489 e. The Morgan fingerprint density at radius 3 is 2.31 bits per heavy atom. The van der Waals surface area contributed by atoms with Gasteiger partial charge >= 0.3 is 0 Å². The van der Waals surface area contributed by atoms with Crippen LogP contribution in [0.1, 0.15) is 42.4 Å². The van der Waals surface area contributed by atoms with Crippen molar-refractivity contribution in [1.29, 1.82) is 0 Å². The minimum Gasteiger partial charge on any atom is -0.489 e. The molecular formula is C29H32N6O5S2. The molecule has 13 heteroatoms. The van der Waals surface area contributed by atoms with Crippen molar-refractivity contribution in [2.24, 2.45) is 5.73 Å². The van der Waals surface area contributed by atoms with Crippen LogP contribution in [0.4, 0.5) is 0 Å². The summed E-state index contributed by atoms with van der Waals surface area (Å²) in [7, 11) is -4.02. The summed E-state index contributed by atoms with van der Waals surface area (Å²) in [5.41, 5.74) is 9.13. The molecule has 2 aliphatic rings. The number of β-lactam (4-membered cyclic amide) rings is 1. The van der Waals surface area contributed by atoms with Crippen LogP contribution in [0.15, 0.2) is 83.8 Å². The Balaban J connectivity index is 0.000000271. The van der Waals surface area contributed by atoms with Crippen LogP contribution in [0.2, 0.25) is 0 Å². The number of rotatable bonds is 7. The van der Waals surface area contributed by atoms with Crippen molar-refractivity contribution in [3.05, 3.63) is 101 Å². The van der Waals surface area contributed by atoms with Crippen molar-refractivity contribution in [2.45, 2.75) is 61.0 Å². The standard InChI is InChI=1S/C22H24N6O2S.C7H8O3S/c1-22(2)18(28-20(29)17(23)21(28)31-22)19-24-25-26-27(19)12-14-8-10-16(11-9-14)30-13-15-6-4-3-5-7-15;1-6-2-4-7(5-3-6)11(8,9)10/h3-11,17-18,21H,12-13,23H2,1-2H3;2-5H,1H3,(H,8,9,10)/t17?,18?,21-;/m1./s1. The van der Waals surface area contributed by atoms with Gasteiger partial charge in [0, 0.05) is 4.75 Å². The Labute approximate surface area is 248 Å². The molecule has 2 unspecified atom stereocenters. The predicted molar refractivity (Wildman–Crippen MR) is 158 cm³/mol. The van der Waals surface area contributed by atoms with Crippen molar-refractivity contribution >= 4 is 27.8 Å². The molecule has 0 saturated carbocycles. The highest BCUT2D eigenvalue weighted by atomic mass is 32.2. The molecule has 3 atom stereocenters. The number of hydrogen-bond donors (Lipinski definition) is 2. The number of carbonyl (C=O) groups is 1. The van der Waals surface area contributed by atoms with E-state index in [0.717, 1.165) is 22.4 Å². The lowest BCUT2D eigenvalue weighted by atomic mass is 9.95. The van der Waals surface area contributed by atoms with Gasteiger partial charge in [0.15, 0.2) is 5.82 Å². The Hall–Kier alpha value is -3.78. The molecule has 42 heavy (non-hydrogen) atoms. The van der Waals surface area contributed by atoms with E-state index >= 15 is 0 Å². The zero-order chi connectivity index (χ0) is 30.1. The van der Waals surface area contributed by atoms with Crippen molar-refractivity contribution < 1.29 is 22.5 Å². The molecule has 3 N–H and O–H groups in total. The minimum absolute atomic E-state index is 0.0151. The highest BCUT2D eigenvalue weighted by Crippen LogP contribution is 2.56. The van der Waals surface area contributed by atoms with E-state index < -0.39 is 16.2 Å². The first kappa shape index (κ1) is 29.7. The average molecular weight is 609 g/mol. The molecule has 4 aromatic rings. The lowest BCUT2D eigenvalue weighted by molar-refractivity contribution is -0.147. The zero-order valence-electron chi connectivity index (χ0n) is 23.4. The molecule has 1 amide bonds. The molecule has 220 valence electrons. The predicted octanol–water partition coefficient (Wildman–Crippen LogP) is 3.60. The van der Waals surface area contributed by atoms with Gasteiger partial charge in [-0.05, 0) is 66.6 Å². The third-order valence-electron chi connectivity index (χ3n) is 7.11. The number of aromatic nitrogens is 4. The summed E-state index contributed by atoms with van der Waals surface area (Å²) >= 11 is 1.71. The topological polar surface area (TPSA) is 154 Å². The van der Waals surface area contributed by atoms with E-state index in [9.17, 15) is 13.2 Å². The van der Waals surface area contributed by atoms with Crippen LogP contribution >= 0.6 is 11.8 Å². The van der Waals surface area contributed by atoms with Crippen LogP contribution in [0.5, 0.6) is 5.75 Å². The van der Waals surface area contributed by atoms with E-state index in [4.69, 9.17) is 15.0 Å². The summed E-state index contributed by atoms with van der Waals surface area (Å²) < 4.78 is 37.0. The van der Waals surface area contributed by atoms with Gasteiger partial charge in [-0.15, -0.1) is 16.9 Å². The van der Waals surface area contributed by atoms with Crippen molar-refractivity contribution in [3.63, 3.8) is 0 Å². The third kappa shape index (κ3) is 6.33. The van der Waals surface area contributed by atoms with E-state index in [1.807, 2.05) is 66.4 Å². The van der Waals surface area contributed by atoms with Crippen molar-refractivity contribution in [3.8, 4) is 5.75 Å². The maximum Gasteiger partial charge on any atom is 0.294 e. The minimum atomic E-state index is -4.02. The van der Waals surface area contributed by atoms with Gasteiger partial charge in [0.05, 0.1) is 11.4 Å². The quantitative estimate of drug-likeness (QED) is 0.235. The zero-order valence-corrected chi connectivity index (χ0v) is 25.0. The first-order valence-electron chi connectivity index (χ1n) is 13.3. The second-order valence-corrected chi connectivity index (χ2v) is 13.9. The third-order valence-corrected chi connectivity index (χ3v) is 9.57. The van der Waals surface area contributed by atoms with Crippen LogP contribution in [0, 0.1) is 6.92 Å². The number of nitrogens with zero attached hydrogens (tertiary/aromatic N) is 5. The number of carbonyl (C=O) groups excluding carboxylic acids is 1. The molecule has 1 aromatic heterocycles. The summed E-state index contributed by atoms with van der Waals surface area (Å²) in [5.74, 6) is 1.45. The SMILES string of the molecule is CC1(C)S[C@@H]2C(N)C(=O)N2C1c1nnnn1Cc1ccc(OCc2ccccc2)cc1.Cc1ccc(S(=O)(=O)O)cc1. The molecule has 3 aromatic carbocycles. The van der Waals surface area contributed by atoms with E-state index in [0.29, 0.717) is 19.0 Å². The Bertz CT molecular complexity index is 1640. The number of tetrazole rings is 1. The number of benzene rings is 3. The molecule has 3 heterocycles. The number of fused-ring (bicyclic) bond motifs is 1. The average Bonchev–Trinajstić information content (AvgIpc) is 3.52. The summed E-state index contributed by atoms with van der Waals surface area (Å²) in [4.78, 5) is 14.2. The Morgan fingerprint density at radius 1 is 1.00 bits per heavy atom. The van der Waals surface area contributed by atoms with Crippen molar-refractivity contribution in [2.75, 3.05) is 0 Å². The molecule has 2 fully saturated rings. The highest BCUT2D eigenvalue weighted by molar-refractivity contribution is 8.01.